The molecular weight excluding hydrogens is 270 g/mol. The molecule has 2 unspecified atom stereocenters. The van der Waals surface area contributed by atoms with Crippen LogP contribution in [0.5, 0.6) is 0 Å². The summed E-state index contributed by atoms with van der Waals surface area (Å²) in [4.78, 5) is 15.4. The highest BCUT2D eigenvalue weighted by Gasteiger charge is 2.42. The number of fused-ring (bicyclic) bond motifs is 2. The summed E-state index contributed by atoms with van der Waals surface area (Å²) >= 11 is 0. The molecule has 2 aliphatic heterocycles. The molecule has 2 saturated heterocycles. The van der Waals surface area contributed by atoms with Gasteiger partial charge in [0.2, 0.25) is 0 Å². The molecule has 2 heterocycles. The van der Waals surface area contributed by atoms with Crippen LogP contribution in [0.1, 0.15) is 58.4 Å². The molecule has 120 valence electrons. The molecule has 0 aliphatic carbocycles. The maximum absolute atomic E-state index is 12.7. The highest BCUT2D eigenvalue weighted by atomic mass is 16.1. The Labute approximate surface area is 134 Å². The van der Waals surface area contributed by atoms with Crippen molar-refractivity contribution < 1.29 is 4.79 Å². The number of nitrogens with zero attached hydrogens (tertiary/aromatic N) is 1. The molecule has 22 heavy (non-hydrogen) atoms. The summed E-state index contributed by atoms with van der Waals surface area (Å²) in [5.74, 6) is 0.756. The molecule has 0 N–H and O–H groups in total. The quantitative estimate of drug-likeness (QED) is 0.822. The van der Waals surface area contributed by atoms with Gasteiger partial charge in [0.25, 0.3) is 0 Å². The molecule has 1 aromatic rings. The Kier molecular flexibility index (Phi) is 4.40. The van der Waals surface area contributed by atoms with Crippen molar-refractivity contribution in [2.45, 2.75) is 71.5 Å². The van der Waals surface area contributed by atoms with Crippen LogP contribution in [-0.2, 0) is 11.3 Å². The Hall–Kier alpha value is -1.15. The molecule has 2 bridgehead atoms. The van der Waals surface area contributed by atoms with E-state index in [0.717, 1.165) is 19.4 Å². The Morgan fingerprint density at radius 3 is 2.23 bits per heavy atom. The molecule has 2 fully saturated rings. The minimum absolute atomic E-state index is 0.194. The normalized spacial score (nSPS) is 29.3. The SMILES string of the molecule is CC(C)(C)C(=O)C1CC2CCCC(C1)N2Cc1ccccc1. The fraction of sp³-hybridized carbons (Fsp3) is 0.650. The van der Waals surface area contributed by atoms with E-state index in [-0.39, 0.29) is 11.3 Å². The number of benzene rings is 1. The minimum atomic E-state index is -0.194. The van der Waals surface area contributed by atoms with Crippen LogP contribution in [0.15, 0.2) is 30.3 Å². The number of rotatable bonds is 3. The molecule has 3 rings (SSSR count). The van der Waals surface area contributed by atoms with Crippen molar-refractivity contribution in [2.75, 3.05) is 0 Å². The molecule has 2 nitrogen and oxygen atoms in total. The zero-order chi connectivity index (χ0) is 15.7. The van der Waals surface area contributed by atoms with E-state index in [0.29, 0.717) is 17.9 Å². The standard InChI is InChI=1S/C20H29NO/c1-20(2,3)19(22)16-12-17-10-7-11-18(13-16)21(17)14-15-8-5-4-6-9-15/h4-6,8-9,16-18H,7,10-14H2,1-3H3. The lowest BCUT2D eigenvalue weighted by molar-refractivity contribution is -0.134. The van der Waals surface area contributed by atoms with Crippen LogP contribution in [0.25, 0.3) is 0 Å². The summed E-state index contributed by atoms with van der Waals surface area (Å²) in [6, 6.07) is 12.0. The lowest BCUT2D eigenvalue weighted by Gasteiger charge is -2.49. The van der Waals surface area contributed by atoms with Crippen LogP contribution in [0, 0.1) is 11.3 Å². The van der Waals surface area contributed by atoms with Crippen molar-refractivity contribution in [3.05, 3.63) is 35.9 Å². The Balaban J connectivity index is 1.73. The van der Waals surface area contributed by atoms with Gasteiger partial charge < -0.3 is 0 Å². The lowest BCUT2D eigenvalue weighted by atomic mass is 9.71. The second-order valence-electron chi connectivity index (χ2n) is 8.18. The third-order valence-corrected chi connectivity index (χ3v) is 5.44. The van der Waals surface area contributed by atoms with E-state index < -0.39 is 0 Å². The Bertz CT molecular complexity index is 502. The van der Waals surface area contributed by atoms with Crippen LogP contribution >= 0.6 is 0 Å². The van der Waals surface area contributed by atoms with E-state index >= 15 is 0 Å². The van der Waals surface area contributed by atoms with E-state index in [1.54, 1.807) is 0 Å². The number of ketones is 1. The van der Waals surface area contributed by atoms with Gasteiger partial charge in [0.1, 0.15) is 5.78 Å². The third kappa shape index (κ3) is 3.27. The Morgan fingerprint density at radius 2 is 1.68 bits per heavy atom. The van der Waals surface area contributed by atoms with Crippen LogP contribution in [0.3, 0.4) is 0 Å². The van der Waals surface area contributed by atoms with E-state index in [1.807, 2.05) is 0 Å². The molecule has 0 spiro atoms. The fourth-order valence-electron chi connectivity index (χ4n) is 4.36. The molecule has 2 aliphatic rings. The van der Waals surface area contributed by atoms with E-state index in [4.69, 9.17) is 0 Å². The largest absolute Gasteiger partial charge is 0.299 e. The van der Waals surface area contributed by atoms with Gasteiger partial charge in [0, 0.05) is 30.0 Å². The van der Waals surface area contributed by atoms with Crippen molar-refractivity contribution in [1.82, 2.24) is 4.90 Å². The van der Waals surface area contributed by atoms with Gasteiger partial charge >= 0.3 is 0 Å². The van der Waals surface area contributed by atoms with Crippen molar-refractivity contribution in [2.24, 2.45) is 11.3 Å². The lowest BCUT2D eigenvalue weighted by Crippen LogP contribution is -2.53. The molecule has 0 amide bonds. The number of hydrogen-bond acceptors (Lipinski definition) is 2. The van der Waals surface area contributed by atoms with Gasteiger partial charge in [0.15, 0.2) is 0 Å². The summed E-state index contributed by atoms with van der Waals surface area (Å²) in [5, 5.41) is 0. The van der Waals surface area contributed by atoms with Gasteiger partial charge in [-0.15, -0.1) is 0 Å². The van der Waals surface area contributed by atoms with Gasteiger partial charge in [-0.3, -0.25) is 9.69 Å². The zero-order valence-corrected chi connectivity index (χ0v) is 14.2. The predicted octanol–water partition coefficient (Wildman–Crippen LogP) is 4.43. The Morgan fingerprint density at radius 1 is 1.09 bits per heavy atom. The number of carbonyl (C=O) groups excluding carboxylic acids is 1. The maximum atomic E-state index is 12.7. The molecule has 0 saturated carbocycles. The van der Waals surface area contributed by atoms with Gasteiger partial charge in [-0.1, -0.05) is 57.5 Å². The van der Waals surface area contributed by atoms with E-state index in [1.165, 1.54) is 24.8 Å². The number of carbonyl (C=O) groups is 1. The van der Waals surface area contributed by atoms with Crippen molar-refractivity contribution in [1.29, 1.82) is 0 Å². The second-order valence-corrected chi connectivity index (χ2v) is 8.18. The highest BCUT2D eigenvalue weighted by Crippen LogP contribution is 2.40. The van der Waals surface area contributed by atoms with Crippen LogP contribution in [0.2, 0.25) is 0 Å². The van der Waals surface area contributed by atoms with Gasteiger partial charge in [-0.2, -0.15) is 0 Å². The van der Waals surface area contributed by atoms with Crippen LogP contribution in [0.4, 0.5) is 0 Å². The topological polar surface area (TPSA) is 20.3 Å². The molecule has 2 heteroatoms. The fourth-order valence-corrected chi connectivity index (χ4v) is 4.36. The maximum Gasteiger partial charge on any atom is 0.141 e. The second kappa shape index (κ2) is 6.16. The number of hydrogen-bond donors (Lipinski definition) is 0. The molecular formula is C20H29NO. The first-order valence-corrected chi connectivity index (χ1v) is 8.79. The molecule has 0 radical (unpaired) electrons. The summed E-state index contributed by atoms with van der Waals surface area (Å²) in [7, 11) is 0. The first kappa shape index (κ1) is 15.7. The van der Waals surface area contributed by atoms with Gasteiger partial charge in [-0.25, -0.2) is 0 Å². The van der Waals surface area contributed by atoms with Crippen LogP contribution in [-0.4, -0.2) is 22.8 Å². The van der Waals surface area contributed by atoms with E-state index in [9.17, 15) is 4.79 Å². The first-order valence-electron chi connectivity index (χ1n) is 8.79. The summed E-state index contributed by atoms with van der Waals surface area (Å²) in [6.45, 7) is 7.26. The van der Waals surface area contributed by atoms with Gasteiger partial charge in [-0.05, 0) is 31.2 Å². The number of Topliss-reactive ketones (excluding diaryl/α,β-unsaturated/α-hetero) is 1. The average molecular weight is 299 g/mol. The number of piperidine rings is 2. The minimum Gasteiger partial charge on any atom is -0.299 e. The predicted molar refractivity (Wildman–Crippen MR) is 90.6 cm³/mol. The molecule has 2 atom stereocenters. The summed E-state index contributed by atoms with van der Waals surface area (Å²) in [6.07, 6.45) is 5.99. The van der Waals surface area contributed by atoms with Crippen molar-refractivity contribution in [3.8, 4) is 0 Å². The zero-order valence-electron chi connectivity index (χ0n) is 14.2. The molecule has 1 aromatic carbocycles. The average Bonchev–Trinajstić information content (AvgIpc) is 2.46. The van der Waals surface area contributed by atoms with E-state index in [2.05, 4.69) is 56.0 Å². The highest BCUT2D eigenvalue weighted by molar-refractivity contribution is 5.86. The monoisotopic (exact) mass is 299 g/mol. The molecule has 0 aromatic heterocycles. The van der Waals surface area contributed by atoms with Crippen molar-refractivity contribution >= 4 is 5.78 Å². The first-order chi connectivity index (χ1) is 10.4. The summed E-state index contributed by atoms with van der Waals surface area (Å²) in [5.41, 5.74) is 1.21. The van der Waals surface area contributed by atoms with Crippen LogP contribution < -0.4 is 0 Å². The van der Waals surface area contributed by atoms with Crippen molar-refractivity contribution in [3.63, 3.8) is 0 Å². The third-order valence-electron chi connectivity index (χ3n) is 5.44. The van der Waals surface area contributed by atoms with Gasteiger partial charge in [0.05, 0.1) is 0 Å². The smallest absolute Gasteiger partial charge is 0.141 e. The summed E-state index contributed by atoms with van der Waals surface area (Å²) < 4.78 is 0.